The summed E-state index contributed by atoms with van der Waals surface area (Å²) in [6.45, 7) is 5.76. The molecule has 1 aliphatic heterocycles. The lowest BCUT2D eigenvalue weighted by Gasteiger charge is -2.38. The normalized spacial score (nSPS) is 16.0. The lowest BCUT2D eigenvalue weighted by molar-refractivity contribution is -0.126. The second-order valence-electron chi connectivity index (χ2n) is 6.60. The molecule has 27 heavy (non-hydrogen) atoms. The van der Waals surface area contributed by atoms with E-state index in [2.05, 4.69) is 20.1 Å². The minimum Gasteiger partial charge on any atom is -0.497 e. The molecule has 0 saturated carbocycles. The predicted molar refractivity (Wildman–Crippen MR) is 107 cm³/mol. The Balaban J connectivity index is 1.48. The van der Waals surface area contributed by atoms with E-state index in [0.29, 0.717) is 11.6 Å². The highest BCUT2D eigenvalue weighted by Gasteiger charge is 2.25. The van der Waals surface area contributed by atoms with Gasteiger partial charge in [0.05, 0.1) is 18.2 Å². The van der Waals surface area contributed by atoms with E-state index in [0.717, 1.165) is 43.3 Å². The predicted octanol–water partition coefficient (Wildman–Crippen LogP) is 2.57. The molecule has 3 rings (SSSR count). The van der Waals surface area contributed by atoms with Gasteiger partial charge in [-0.25, -0.2) is 4.98 Å². The lowest BCUT2D eigenvalue weighted by atomic mass is 10.2. The Kier molecular flexibility index (Phi) is 6.53. The van der Waals surface area contributed by atoms with Crippen molar-refractivity contribution in [3.05, 3.63) is 53.2 Å². The topological polar surface area (TPSA) is 57.7 Å². The summed E-state index contributed by atoms with van der Waals surface area (Å²) in [4.78, 5) is 21.3. The molecule has 1 fully saturated rings. The number of anilines is 1. The van der Waals surface area contributed by atoms with Crippen molar-refractivity contribution in [3.8, 4) is 5.75 Å². The molecule has 1 amide bonds. The van der Waals surface area contributed by atoms with Gasteiger partial charge in [0.2, 0.25) is 5.91 Å². The number of halogens is 1. The van der Waals surface area contributed by atoms with Gasteiger partial charge in [-0.2, -0.15) is 0 Å². The van der Waals surface area contributed by atoms with E-state index >= 15 is 0 Å². The van der Waals surface area contributed by atoms with E-state index in [1.165, 1.54) is 0 Å². The van der Waals surface area contributed by atoms with Crippen molar-refractivity contribution in [2.45, 2.75) is 19.5 Å². The SMILES string of the molecule is COc1cccc(CNC(=O)C(C)N2CCN(c3ccc(Cl)cn3)CC2)c1. The Morgan fingerprint density at radius 1 is 1.26 bits per heavy atom. The second kappa shape index (κ2) is 9.06. The van der Waals surface area contributed by atoms with Crippen LogP contribution in [0.2, 0.25) is 5.02 Å². The van der Waals surface area contributed by atoms with Crippen molar-refractivity contribution in [1.29, 1.82) is 0 Å². The first-order valence-corrected chi connectivity index (χ1v) is 9.46. The van der Waals surface area contributed by atoms with E-state index in [1.54, 1.807) is 13.3 Å². The molecule has 1 aromatic carbocycles. The first kappa shape index (κ1) is 19.5. The summed E-state index contributed by atoms with van der Waals surface area (Å²) in [6.07, 6.45) is 1.66. The van der Waals surface area contributed by atoms with Gasteiger partial charge >= 0.3 is 0 Å². The fraction of sp³-hybridized carbons (Fsp3) is 0.400. The van der Waals surface area contributed by atoms with Crippen molar-refractivity contribution in [3.63, 3.8) is 0 Å². The lowest BCUT2D eigenvalue weighted by Crippen LogP contribution is -2.54. The maximum absolute atomic E-state index is 12.5. The van der Waals surface area contributed by atoms with Crippen LogP contribution in [0.25, 0.3) is 0 Å². The molecule has 0 spiro atoms. The maximum atomic E-state index is 12.5. The Hall–Kier alpha value is -2.31. The molecule has 1 atom stereocenters. The van der Waals surface area contributed by atoms with Crippen LogP contribution in [0.15, 0.2) is 42.6 Å². The molecular formula is C20H25ClN4O2. The Morgan fingerprint density at radius 3 is 2.70 bits per heavy atom. The highest BCUT2D eigenvalue weighted by atomic mass is 35.5. The van der Waals surface area contributed by atoms with Gasteiger partial charge in [-0.05, 0) is 36.8 Å². The fourth-order valence-corrected chi connectivity index (χ4v) is 3.29. The molecule has 0 radical (unpaired) electrons. The van der Waals surface area contributed by atoms with Crippen LogP contribution < -0.4 is 15.0 Å². The quantitative estimate of drug-likeness (QED) is 0.824. The number of rotatable bonds is 6. The molecule has 1 unspecified atom stereocenters. The molecule has 1 aliphatic rings. The van der Waals surface area contributed by atoms with Gasteiger partial charge in [0.15, 0.2) is 0 Å². The molecule has 0 bridgehead atoms. The molecule has 7 heteroatoms. The number of nitrogens with one attached hydrogen (secondary N) is 1. The summed E-state index contributed by atoms with van der Waals surface area (Å²) in [5, 5.41) is 3.66. The number of pyridine rings is 1. The van der Waals surface area contributed by atoms with Crippen molar-refractivity contribution in [2.24, 2.45) is 0 Å². The van der Waals surface area contributed by atoms with Crippen LogP contribution in [-0.2, 0) is 11.3 Å². The monoisotopic (exact) mass is 388 g/mol. The van der Waals surface area contributed by atoms with Gasteiger partial charge in [-0.1, -0.05) is 23.7 Å². The second-order valence-corrected chi connectivity index (χ2v) is 7.04. The summed E-state index contributed by atoms with van der Waals surface area (Å²) in [6, 6.07) is 11.3. The smallest absolute Gasteiger partial charge is 0.237 e. The fourth-order valence-electron chi connectivity index (χ4n) is 3.18. The number of hydrogen-bond donors (Lipinski definition) is 1. The third-order valence-electron chi connectivity index (χ3n) is 4.88. The Bertz CT molecular complexity index is 761. The van der Waals surface area contributed by atoms with Crippen molar-refractivity contribution >= 4 is 23.3 Å². The van der Waals surface area contributed by atoms with E-state index in [9.17, 15) is 4.79 Å². The average Bonchev–Trinajstić information content (AvgIpc) is 2.72. The number of hydrogen-bond acceptors (Lipinski definition) is 5. The highest BCUT2D eigenvalue weighted by Crippen LogP contribution is 2.17. The maximum Gasteiger partial charge on any atom is 0.237 e. The molecule has 1 saturated heterocycles. The van der Waals surface area contributed by atoms with E-state index < -0.39 is 0 Å². The average molecular weight is 389 g/mol. The van der Waals surface area contributed by atoms with Crippen LogP contribution in [0.1, 0.15) is 12.5 Å². The van der Waals surface area contributed by atoms with Crippen LogP contribution in [0.3, 0.4) is 0 Å². The Morgan fingerprint density at radius 2 is 2.04 bits per heavy atom. The van der Waals surface area contributed by atoms with Gasteiger partial charge in [0.1, 0.15) is 11.6 Å². The molecule has 1 N–H and O–H groups in total. The van der Waals surface area contributed by atoms with Crippen molar-refractivity contribution in [2.75, 3.05) is 38.2 Å². The number of benzene rings is 1. The van der Waals surface area contributed by atoms with E-state index in [4.69, 9.17) is 16.3 Å². The molecule has 144 valence electrons. The number of ether oxygens (including phenoxy) is 1. The summed E-state index contributed by atoms with van der Waals surface area (Å²) in [5.74, 6) is 1.76. The minimum absolute atomic E-state index is 0.0379. The van der Waals surface area contributed by atoms with Crippen molar-refractivity contribution in [1.82, 2.24) is 15.2 Å². The van der Waals surface area contributed by atoms with Gasteiger partial charge < -0.3 is 15.0 Å². The summed E-state index contributed by atoms with van der Waals surface area (Å²) in [5.41, 5.74) is 1.02. The molecule has 1 aromatic heterocycles. The van der Waals surface area contributed by atoms with Gasteiger partial charge in [-0.15, -0.1) is 0 Å². The van der Waals surface area contributed by atoms with Crippen LogP contribution >= 0.6 is 11.6 Å². The highest BCUT2D eigenvalue weighted by molar-refractivity contribution is 6.30. The van der Waals surface area contributed by atoms with E-state index in [1.807, 2.05) is 43.3 Å². The van der Waals surface area contributed by atoms with Gasteiger partial charge in [0.25, 0.3) is 0 Å². The van der Waals surface area contributed by atoms with Crippen LogP contribution in [-0.4, -0.2) is 55.1 Å². The third-order valence-corrected chi connectivity index (χ3v) is 5.10. The molecule has 0 aliphatic carbocycles. The minimum atomic E-state index is -0.170. The van der Waals surface area contributed by atoms with Crippen LogP contribution in [0.5, 0.6) is 5.75 Å². The standard InChI is InChI=1S/C20H25ClN4O2/c1-15(20(26)23-13-16-4-3-5-18(12-16)27-2)24-8-10-25(11-9-24)19-7-6-17(21)14-22-19/h3-7,12,14-15H,8-11,13H2,1-2H3,(H,23,26). The zero-order valence-corrected chi connectivity index (χ0v) is 16.4. The summed E-state index contributed by atoms with van der Waals surface area (Å²) < 4.78 is 5.22. The van der Waals surface area contributed by atoms with Crippen LogP contribution in [0, 0.1) is 0 Å². The number of carbonyl (C=O) groups excluding carboxylic acids is 1. The number of carbonyl (C=O) groups is 1. The summed E-state index contributed by atoms with van der Waals surface area (Å²) in [7, 11) is 1.64. The number of amides is 1. The number of methoxy groups -OCH3 is 1. The summed E-state index contributed by atoms with van der Waals surface area (Å²) >= 11 is 5.90. The number of aromatic nitrogens is 1. The van der Waals surface area contributed by atoms with Crippen molar-refractivity contribution < 1.29 is 9.53 Å². The molecule has 2 heterocycles. The molecular weight excluding hydrogens is 364 g/mol. The molecule has 6 nitrogen and oxygen atoms in total. The zero-order chi connectivity index (χ0) is 19.2. The van der Waals surface area contributed by atoms with Crippen LogP contribution in [0.4, 0.5) is 5.82 Å². The zero-order valence-electron chi connectivity index (χ0n) is 15.7. The van der Waals surface area contributed by atoms with E-state index in [-0.39, 0.29) is 11.9 Å². The molecule has 2 aromatic rings. The third kappa shape index (κ3) is 5.11. The number of nitrogens with zero attached hydrogens (tertiary/aromatic N) is 3. The number of piperazine rings is 1. The first-order chi connectivity index (χ1) is 13.1. The van der Waals surface area contributed by atoms with Gasteiger partial charge in [-0.3, -0.25) is 9.69 Å². The van der Waals surface area contributed by atoms with Gasteiger partial charge in [0, 0.05) is 38.9 Å². The largest absolute Gasteiger partial charge is 0.497 e. The first-order valence-electron chi connectivity index (χ1n) is 9.08. The Labute approximate surface area is 165 Å².